The fraction of sp³-hybridized carbons (Fsp3) is 0.324. The van der Waals surface area contributed by atoms with Crippen LogP contribution in [-0.2, 0) is 9.59 Å². The molecular formula is C34H36FN5O5. The highest BCUT2D eigenvalue weighted by atomic mass is 19.1. The van der Waals surface area contributed by atoms with Crippen molar-refractivity contribution in [2.24, 2.45) is 0 Å². The Kier molecular flexibility index (Phi) is 8.99. The molecule has 0 aliphatic heterocycles. The first kappa shape index (κ1) is 31.4. The maximum absolute atomic E-state index is 13.7. The van der Waals surface area contributed by atoms with Crippen LogP contribution in [-0.4, -0.2) is 50.1 Å². The van der Waals surface area contributed by atoms with Crippen LogP contribution in [0.1, 0.15) is 73.5 Å². The van der Waals surface area contributed by atoms with E-state index in [1.54, 1.807) is 32.0 Å². The zero-order valence-electron chi connectivity index (χ0n) is 25.7. The van der Waals surface area contributed by atoms with E-state index >= 15 is 0 Å². The Morgan fingerprint density at radius 1 is 1.09 bits per heavy atom. The summed E-state index contributed by atoms with van der Waals surface area (Å²) in [6, 6.07) is 12.0. The standard InChI is InChI=1S/C34H36FN5O5/c1-20-25-18-22(10-15-27(25)40(24-8-6-5-7-9-24)30(20)26-14-13-23(35)19-36-26)31(43)39-34(2,3)33(44)38-28-16-11-21(12-17-29(41)42)32(37-28)45-4/h10-19,24H,5-9H2,1-4H3,(H,39,43)(H,41,42)(H,37,38,44)/b17-12+. The summed E-state index contributed by atoms with van der Waals surface area (Å²) in [4.78, 5) is 46.2. The van der Waals surface area contributed by atoms with E-state index in [-0.39, 0.29) is 17.7 Å². The third-order valence-electron chi connectivity index (χ3n) is 8.15. The van der Waals surface area contributed by atoms with Gasteiger partial charge in [-0.2, -0.15) is 4.98 Å². The molecule has 0 unspecified atom stereocenters. The molecule has 1 aromatic carbocycles. The number of pyridine rings is 2. The number of carbonyl (C=O) groups is 3. The van der Waals surface area contributed by atoms with Gasteiger partial charge in [-0.3, -0.25) is 14.6 Å². The quantitative estimate of drug-likeness (QED) is 0.188. The van der Waals surface area contributed by atoms with E-state index < -0.39 is 29.1 Å². The Balaban J connectivity index is 1.40. The molecule has 10 nitrogen and oxygen atoms in total. The van der Waals surface area contributed by atoms with Crippen LogP contribution in [0.3, 0.4) is 0 Å². The number of aromatic nitrogens is 3. The number of nitrogens with one attached hydrogen (secondary N) is 2. The van der Waals surface area contributed by atoms with E-state index in [1.165, 1.54) is 37.9 Å². The molecule has 4 aromatic rings. The number of benzene rings is 1. The molecule has 3 heterocycles. The van der Waals surface area contributed by atoms with Crippen molar-refractivity contribution in [1.82, 2.24) is 19.9 Å². The number of rotatable bonds is 9. The summed E-state index contributed by atoms with van der Waals surface area (Å²) in [7, 11) is 1.39. The average Bonchev–Trinajstić information content (AvgIpc) is 3.32. The number of carboxylic acids is 1. The number of aryl methyl sites for hydroxylation is 1. The fourth-order valence-electron chi connectivity index (χ4n) is 5.82. The molecule has 3 N–H and O–H groups in total. The smallest absolute Gasteiger partial charge is 0.328 e. The second kappa shape index (κ2) is 12.9. The highest BCUT2D eigenvalue weighted by Gasteiger charge is 2.31. The van der Waals surface area contributed by atoms with Gasteiger partial charge < -0.3 is 25.0 Å². The van der Waals surface area contributed by atoms with Crippen LogP contribution in [0.25, 0.3) is 28.4 Å². The first-order valence-corrected chi connectivity index (χ1v) is 14.8. The molecule has 234 valence electrons. The van der Waals surface area contributed by atoms with Crippen molar-refractivity contribution in [3.8, 4) is 17.3 Å². The normalized spacial score (nSPS) is 14.1. The third-order valence-corrected chi connectivity index (χ3v) is 8.15. The number of hydrogen-bond donors (Lipinski definition) is 3. The van der Waals surface area contributed by atoms with Crippen LogP contribution in [0.15, 0.2) is 54.7 Å². The molecule has 0 radical (unpaired) electrons. The molecule has 0 atom stereocenters. The van der Waals surface area contributed by atoms with E-state index in [0.717, 1.165) is 53.9 Å². The average molecular weight is 614 g/mol. The number of fused-ring (bicyclic) bond motifs is 1. The van der Waals surface area contributed by atoms with Crippen LogP contribution in [0.5, 0.6) is 5.88 Å². The van der Waals surface area contributed by atoms with Gasteiger partial charge in [-0.25, -0.2) is 9.18 Å². The maximum atomic E-state index is 13.7. The van der Waals surface area contributed by atoms with E-state index in [9.17, 15) is 18.8 Å². The van der Waals surface area contributed by atoms with Gasteiger partial charge in [0.05, 0.1) is 24.7 Å². The van der Waals surface area contributed by atoms with Gasteiger partial charge in [-0.15, -0.1) is 0 Å². The lowest BCUT2D eigenvalue weighted by Crippen LogP contribution is -2.52. The molecule has 1 saturated carbocycles. The number of methoxy groups -OCH3 is 1. The van der Waals surface area contributed by atoms with E-state index in [2.05, 4.69) is 25.2 Å². The maximum Gasteiger partial charge on any atom is 0.328 e. The van der Waals surface area contributed by atoms with Crippen LogP contribution in [0.4, 0.5) is 10.2 Å². The van der Waals surface area contributed by atoms with Crippen molar-refractivity contribution in [3.05, 3.63) is 77.2 Å². The van der Waals surface area contributed by atoms with Crippen molar-refractivity contribution in [3.63, 3.8) is 0 Å². The molecule has 2 amide bonds. The number of amides is 2. The minimum absolute atomic E-state index is 0.131. The van der Waals surface area contributed by atoms with Crippen molar-refractivity contribution in [2.45, 2.75) is 64.5 Å². The summed E-state index contributed by atoms with van der Waals surface area (Å²) in [5.41, 5.74) is 3.01. The molecule has 11 heteroatoms. The molecular weight excluding hydrogens is 577 g/mol. The zero-order valence-corrected chi connectivity index (χ0v) is 25.7. The summed E-state index contributed by atoms with van der Waals surface area (Å²) >= 11 is 0. The number of halogens is 1. The number of anilines is 1. The number of aliphatic carboxylic acids is 1. The van der Waals surface area contributed by atoms with Gasteiger partial charge in [0.15, 0.2) is 0 Å². The van der Waals surface area contributed by atoms with E-state index in [0.29, 0.717) is 16.8 Å². The molecule has 0 spiro atoms. The van der Waals surface area contributed by atoms with Gasteiger partial charge in [0.2, 0.25) is 5.88 Å². The number of hydrogen-bond acceptors (Lipinski definition) is 6. The first-order chi connectivity index (χ1) is 21.5. The van der Waals surface area contributed by atoms with Gasteiger partial charge in [0.25, 0.3) is 11.8 Å². The topological polar surface area (TPSA) is 135 Å². The Bertz CT molecular complexity index is 1790. The van der Waals surface area contributed by atoms with Crippen LogP contribution < -0.4 is 15.4 Å². The van der Waals surface area contributed by atoms with Crippen LogP contribution >= 0.6 is 0 Å². The Labute approximate surface area is 260 Å². The minimum atomic E-state index is -1.32. The SMILES string of the molecule is COc1nc(NC(=O)C(C)(C)NC(=O)c2ccc3c(c2)c(C)c(-c2ccc(F)cn2)n3C2CCCCC2)ccc1/C=C/C(=O)O. The van der Waals surface area contributed by atoms with Crippen LogP contribution in [0.2, 0.25) is 0 Å². The third kappa shape index (κ3) is 6.72. The number of carbonyl (C=O) groups excluding carboxylic acids is 2. The summed E-state index contributed by atoms with van der Waals surface area (Å²) in [5, 5.41) is 15.3. The Morgan fingerprint density at radius 2 is 1.84 bits per heavy atom. The van der Waals surface area contributed by atoms with Crippen molar-refractivity contribution >= 4 is 40.6 Å². The van der Waals surface area contributed by atoms with Crippen LogP contribution in [0, 0.1) is 12.7 Å². The summed E-state index contributed by atoms with van der Waals surface area (Å²) < 4.78 is 21.3. The molecule has 0 saturated heterocycles. The molecule has 1 aliphatic rings. The van der Waals surface area contributed by atoms with Gasteiger partial charge in [0, 0.05) is 34.1 Å². The molecule has 0 bridgehead atoms. The lowest BCUT2D eigenvalue weighted by atomic mass is 9.95. The van der Waals surface area contributed by atoms with Crippen molar-refractivity contribution in [2.75, 3.05) is 12.4 Å². The number of nitrogens with zero attached hydrogens (tertiary/aromatic N) is 3. The lowest BCUT2D eigenvalue weighted by Gasteiger charge is -2.27. The first-order valence-electron chi connectivity index (χ1n) is 14.8. The van der Waals surface area contributed by atoms with E-state index in [4.69, 9.17) is 9.84 Å². The number of carboxylic acid groups (broad SMARTS) is 1. The molecule has 1 aliphatic carbocycles. The summed E-state index contributed by atoms with van der Waals surface area (Å²) in [6.07, 6.45) is 9.05. The second-order valence-electron chi connectivity index (χ2n) is 11.7. The minimum Gasteiger partial charge on any atom is -0.481 e. The lowest BCUT2D eigenvalue weighted by molar-refractivity contribution is -0.131. The molecule has 1 fully saturated rings. The largest absolute Gasteiger partial charge is 0.481 e. The summed E-state index contributed by atoms with van der Waals surface area (Å²) in [5.74, 6) is -2.15. The predicted molar refractivity (Wildman–Crippen MR) is 170 cm³/mol. The Morgan fingerprint density at radius 3 is 2.51 bits per heavy atom. The Hall–Kier alpha value is -5.06. The second-order valence-corrected chi connectivity index (χ2v) is 11.7. The molecule has 3 aromatic heterocycles. The molecule has 5 rings (SSSR count). The summed E-state index contributed by atoms with van der Waals surface area (Å²) in [6.45, 7) is 5.16. The van der Waals surface area contributed by atoms with E-state index in [1.807, 2.05) is 19.1 Å². The molecule has 45 heavy (non-hydrogen) atoms. The predicted octanol–water partition coefficient (Wildman–Crippen LogP) is 6.30. The highest BCUT2D eigenvalue weighted by Crippen LogP contribution is 2.40. The van der Waals surface area contributed by atoms with Gasteiger partial charge in [0.1, 0.15) is 17.2 Å². The van der Waals surface area contributed by atoms with Gasteiger partial charge in [-0.1, -0.05) is 19.3 Å². The van der Waals surface area contributed by atoms with Crippen molar-refractivity contribution < 1.29 is 28.6 Å². The van der Waals surface area contributed by atoms with Gasteiger partial charge in [-0.05, 0) is 87.7 Å². The fourth-order valence-corrected chi connectivity index (χ4v) is 5.82. The zero-order chi connectivity index (χ0) is 32.3. The van der Waals surface area contributed by atoms with Crippen molar-refractivity contribution in [1.29, 1.82) is 0 Å². The monoisotopic (exact) mass is 613 g/mol. The highest BCUT2D eigenvalue weighted by molar-refractivity contribution is 6.05. The van der Waals surface area contributed by atoms with Gasteiger partial charge >= 0.3 is 5.97 Å². The number of ether oxygens (including phenoxy) is 1.